The maximum Gasteiger partial charge on any atom is 0.0554 e. The average Bonchev–Trinajstić information content (AvgIpc) is 2.21. The average molecular weight is 260 g/mol. The summed E-state index contributed by atoms with van der Waals surface area (Å²) in [7, 11) is 8.50. The quantitative estimate of drug-likeness (QED) is 0.816. The SMILES string of the molecule is C=c1cc(C)c(=C(N(C)C)C(C)(C)N(C)C)c(C)c1. The summed E-state index contributed by atoms with van der Waals surface area (Å²) >= 11 is 0. The van der Waals surface area contributed by atoms with Gasteiger partial charge in [0.05, 0.1) is 5.54 Å². The van der Waals surface area contributed by atoms with E-state index in [-0.39, 0.29) is 5.54 Å². The fraction of sp³-hybridized carbons (Fsp3) is 0.529. The molecule has 0 aromatic heterocycles. The lowest BCUT2D eigenvalue weighted by atomic mass is 9.92. The second-order valence-electron chi connectivity index (χ2n) is 6.30. The molecule has 0 heterocycles. The third kappa shape index (κ3) is 3.01. The maximum absolute atomic E-state index is 4.05. The number of aryl methyl sites for hydroxylation is 2. The summed E-state index contributed by atoms with van der Waals surface area (Å²) in [5.41, 5.74) is 3.90. The van der Waals surface area contributed by atoms with Gasteiger partial charge < -0.3 is 4.90 Å². The van der Waals surface area contributed by atoms with E-state index in [4.69, 9.17) is 0 Å². The molecule has 0 atom stereocenters. The van der Waals surface area contributed by atoms with Crippen molar-refractivity contribution in [3.8, 4) is 0 Å². The topological polar surface area (TPSA) is 6.48 Å². The number of likely N-dealkylation sites (N-methyl/N-ethyl adjacent to an activating group) is 2. The Balaban J connectivity index is 3.86. The van der Waals surface area contributed by atoms with Crippen LogP contribution in [0.2, 0.25) is 0 Å². The molecule has 2 heteroatoms. The van der Waals surface area contributed by atoms with Gasteiger partial charge in [-0.15, -0.1) is 0 Å². The lowest BCUT2D eigenvalue weighted by molar-refractivity contribution is 0.236. The van der Waals surface area contributed by atoms with Gasteiger partial charge >= 0.3 is 0 Å². The first kappa shape index (κ1) is 15.8. The van der Waals surface area contributed by atoms with Crippen LogP contribution in [0.15, 0.2) is 12.1 Å². The second kappa shape index (κ2) is 5.38. The minimum absolute atomic E-state index is 0.0261. The van der Waals surface area contributed by atoms with Gasteiger partial charge in [-0.2, -0.15) is 0 Å². The Bertz CT molecular complexity index is 536. The number of hydrogen-bond acceptors (Lipinski definition) is 2. The molecule has 0 amide bonds. The molecule has 0 radical (unpaired) electrons. The smallest absolute Gasteiger partial charge is 0.0554 e. The molecule has 0 N–H and O–H groups in total. The van der Waals surface area contributed by atoms with E-state index in [2.05, 4.69) is 84.4 Å². The van der Waals surface area contributed by atoms with Gasteiger partial charge in [0.2, 0.25) is 0 Å². The van der Waals surface area contributed by atoms with Crippen molar-refractivity contribution in [3.63, 3.8) is 0 Å². The Kier molecular flexibility index (Phi) is 4.46. The van der Waals surface area contributed by atoms with Crippen molar-refractivity contribution >= 4 is 12.3 Å². The van der Waals surface area contributed by atoms with Crippen LogP contribution in [0.25, 0.3) is 12.3 Å². The lowest BCUT2D eigenvalue weighted by Crippen LogP contribution is -2.47. The number of benzene rings is 1. The van der Waals surface area contributed by atoms with Crippen molar-refractivity contribution in [2.24, 2.45) is 0 Å². The number of hydrogen-bond donors (Lipinski definition) is 0. The van der Waals surface area contributed by atoms with Crippen LogP contribution >= 0.6 is 0 Å². The minimum Gasteiger partial charge on any atom is -0.379 e. The van der Waals surface area contributed by atoms with E-state index in [1.807, 2.05) is 0 Å². The highest BCUT2D eigenvalue weighted by molar-refractivity contribution is 5.56. The molecule has 0 aliphatic carbocycles. The first-order valence-electron chi connectivity index (χ1n) is 6.74. The van der Waals surface area contributed by atoms with Gasteiger partial charge in [0, 0.05) is 25.0 Å². The van der Waals surface area contributed by atoms with Crippen LogP contribution in [0.5, 0.6) is 0 Å². The van der Waals surface area contributed by atoms with Crippen molar-refractivity contribution in [1.82, 2.24) is 9.80 Å². The predicted molar refractivity (Wildman–Crippen MR) is 85.5 cm³/mol. The van der Waals surface area contributed by atoms with Crippen molar-refractivity contribution in [3.05, 3.63) is 33.7 Å². The monoisotopic (exact) mass is 260 g/mol. The van der Waals surface area contributed by atoms with Gasteiger partial charge in [-0.1, -0.05) is 18.7 Å². The molecule has 0 fully saturated rings. The van der Waals surface area contributed by atoms with E-state index in [0.717, 1.165) is 5.22 Å². The van der Waals surface area contributed by atoms with Gasteiger partial charge in [-0.05, 0) is 58.1 Å². The number of nitrogens with zero attached hydrogens (tertiary/aromatic N) is 2. The highest BCUT2D eigenvalue weighted by Crippen LogP contribution is 2.23. The second-order valence-corrected chi connectivity index (χ2v) is 6.30. The molecule has 1 rings (SSSR count). The zero-order valence-electron chi connectivity index (χ0n) is 13.8. The summed E-state index contributed by atoms with van der Waals surface area (Å²) in [4.78, 5) is 4.50. The van der Waals surface area contributed by atoms with E-state index in [9.17, 15) is 0 Å². The minimum atomic E-state index is -0.0261. The van der Waals surface area contributed by atoms with Crippen molar-refractivity contribution in [2.75, 3.05) is 28.2 Å². The maximum atomic E-state index is 4.05. The molecule has 106 valence electrons. The van der Waals surface area contributed by atoms with Crippen LogP contribution in [0.3, 0.4) is 0 Å². The van der Waals surface area contributed by atoms with E-state index in [1.165, 1.54) is 22.0 Å². The molecule has 0 bridgehead atoms. The van der Waals surface area contributed by atoms with E-state index >= 15 is 0 Å². The van der Waals surface area contributed by atoms with Crippen LogP contribution in [0.4, 0.5) is 0 Å². The van der Waals surface area contributed by atoms with Crippen molar-refractivity contribution in [2.45, 2.75) is 33.2 Å². The first-order valence-corrected chi connectivity index (χ1v) is 6.74. The van der Waals surface area contributed by atoms with Crippen LogP contribution in [-0.4, -0.2) is 43.5 Å². The van der Waals surface area contributed by atoms with Gasteiger partial charge in [0.15, 0.2) is 0 Å². The highest BCUT2D eigenvalue weighted by Gasteiger charge is 2.28. The van der Waals surface area contributed by atoms with E-state index in [0.29, 0.717) is 0 Å². The van der Waals surface area contributed by atoms with Crippen LogP contribution in [0.1, 0.15) is 25.0 Å². The summed E-state index contributed by atoms with van der Waals surface area (Å²) in [6.07, 6.45) is 0. The molecule has 0 unspecified atom stereocenters. The largest absolute Gasteiger partial charge is 0.379 e. The zero-order chi connectivity index (χ0) is 15.0. The molecule has 1 aromatic rings. The van der Waals surface area contributed by atoms with Gasteiger partial charge in [-0.25, -0.2) is 0 Å². The predicted octanol–water partition coefficient (Wildman–Crippen LogP) is 1.72. The van der Waals surface area contributed by atoms with Crippen LogP contribution in [-0.2, 0) is 0 Å². The molecule has 0 spiro atoms. The Hall–Kier alpha value is -1.28. The molecular formula is C17H28N2. The summed E-state index contributed by atoms with van der Waals surface area (Å²) in [5.74, 6) is 0. The molecule has 0 saturated carbocycles. The molecule has 0 aliphatic rings. The standard InChI is InChI=1S/C17H28N2/c1-12-10-13(2)15(14(3)11-12)16(18(6)7)17(4,5)19(8)9/h10-11H,1H2,2-9H3. The Labute approximate surface area is 118 Å². The molecule has 0 aliphatic heterocycles. The fourth-order valence-corrected chi connectivity index (χ4v) is 2.72. The molecule has 19 heavy (non-hydrogen) atoms. The third-order valence-electron chi connectivity index (χ3n) is 3.97. The fourth-order valence-electron chi connectivity index (χ4n) is 2.72. The van der Waals surface area contributed by atoms with Crippen molar-refractivity contribution in [1.29, 1.82) is 0 Å². The summed E-state index contributed by atoms with van der Waals surface area (Å²) in [6, 6.07) is 4.33. The normalized spacial score (nSPS) is 11.8. The van der Waals surface area contributed by atoms with Gasteiger partial charge in [-0.3, -0.25) is 4.90 Å². The number of rotatable bonds is 3. The molecular weight excluding hydrogens is 232 g/mol. The van der Waals surface area contributed by atoms with Crippen molar-refractivity contribution < 1.29 is 0 Å². The summed E-state index contributed by atoms with van der Waals surface area (Å²) in [5, 5.41) is 2.43. The highest BCUT2D eigenvalue weighted by atomic mass is 15.2. The molecule has 1 aromatic carbocycles. The molecule has 0 saturated heterocycles. The summed E-state index contributed by atoms with van der Waals surface area (Å²) < 4.78 is 0. The van der Waals surface area contributed by atoms with Gasteiger partial charge in [0.25, 0.3) is 0 Å². The zero-order valence-corrected chi connectivity index (χ0v) is 13.8. The Morgan fingerprint density at radius 3 is 1.74 bits per heavy atom. The lowest BCUT2D eigenvalue weighted by Gasteiger charge is -2.39. The van der Waals surface area contributed by atoms with Crippen LogP contribution in [0, 0.1) is 13.8 Å². The summed E-state index contributed by atoms with van der Waals surface area (Å²) in [6.45, 7) is 12.9. The van der Waals surface area contributed by atoms with Gasteiger partial charge in [0.1, 0.15) is 0 Å². The first-order chi connectivity index (χ1) is 8.59. The Morgan fingerprint density at radius 1 is 1.00 bits per heavy atom. The van der Waals surface area contributed by atoms with E-state index < -0.39 is 0 Å². The van der Waals surface area contributed by atoms with E-state index in [1.54, 1.807) is 0 Å². The molecule has 2 nitrogen and oxygen atoms in total. The van der Waals surface area contributed by atoms with Crippen LogP contribution < -0.4 is 10.4 Å². The third-order valence-corrected chi connectivity index (χ3v) is 3.97. The Morgan fingerprint density at radius 2 is 1.42 bits per heavy atom.